The number of ketones is 1. The number of rotatable bonds is 9. The Morgan fingerprint density at radius 1 is 1.03 bits per heavy atom. The fourth-order valence-corrected chi connectivity index (χ4v) is 3.27. The zero-order valence-corrected chi connectivity index (χ0v) is 19.6. The van der Waals surface area contributed by atoms with Crippen LogP contribution in [0.2, 0.25) is 0 Å². The summed E-state index contributed by atoms with van der Waals surface area (Å²) in [5, 5.41) is 10.1. The third kappa shape index (κ3) is 7.57. The topological polar surface area (TPSA) is 141 Å². The number of nitrogens with one attached hydrogen (secondary N) is 2. The molecule has 1 heterocycles. The molecule has 1 aliphatic rings. The molecule has 0 bridgehead atoms. The van der Waals surface area contributed by atoms with E-state index in [4.69, 9.17) is 25.4 Å². The van der Waals surface area contributed by atoms with Crippen LogP contribution < -0.4 is 15.8 Å². The smallest absolute Gasteiger partial charge is 0.344 e. The first-order chi connectivity index (χ1) is 15.8. The number of carbonyl (C=O) groups is 3. The predicted molar refractivity (Wildman–Crippen MR) is 128 cm³/mol. The summed E-state index contributed by atoms with van der Waals surface area (Å²) >= 11 is 0. The molecule has 9 nitrogen and oxygen atoms in total. The van der Waals surface area contributed by atoms with Crippen molar-refractivity contribution in [3.8, 4) is 5.75 Å². The minimum absolute atomic E-state index is 0. The van der Waals surface area contributed by atoms with Crippen LogP contribution in [0.1, 0.15) is 46.0 Å². The quantitative estimate of drug-likeness (QED) is 0.212. The van der Waals surface area contributed by atoms with Crippen molar-refractivity contribution in [2.24, 2.45) is 5.73 Å². The Morgan fingerprint density at radius 3 is 2.18 bits per heavy atom. The summed E-state index contributed by atoms with van der Waals surface area (Å²) in [6, 6.07) is 11.8. The van der Waals surface area contributed by atoms with E-state index < -0.39 is 17.9 Å². The molecule has 10 heteroatoms. The van der Waals surface area contributed by atoms with E-state index in [0.717, 1.165) is 0 Å². The van der Waals surface area contributed by atoms with Gasteiger partial charge in [-0.3, -0.25) is 15.0 Å². The van der Waals surface area contributed by atoms with E-state index in [2.05, 4.69) is 5.32 Å². The molecule has 0 unspecified atom stereocenters. The average molecular weight is 490 g/mol. The highest BCUT2D eigenvalue weighted by molar-refractivity contribution is 6.04. The Balaban J connectivity index is 0.00000408. The summed E-state index contributed by atoms with van der Waals surface area (Å²) < 4.78 is 16.0. The number of halogens is 1. The number of ether oxygens (including phenoxy) is 3. The highest BCUT2D eigenvalue weighted by Crippen LogP contribution is 2.15. The van der Waals surface area contributed by atoms with Gasteiger partial charge >= 0.3 is 5.97 Å². The van der Waals surface area contributed by atoms with Crippen molar-refractivity contribution in [1.82, 2.24) is 5.32 Å². The SMILES string of the molecule is C[C@H](NC(=O)c1ccc(C(=N)N)cc1)C(=O)c1ccc(OCC(=O)OC2CCOCC2)cc1.Cl. The molecule has 1 amide bonds. The van der Waals surface area contributed by atoms with Crippen molar-refractivity contribution in [2.75, 3.05) is 19.8 Å². The Hall–Kier alpha value is -3.43. The van der Waals surface area contributed by atoms with E-state index in [0.29, 0.717) is 48.5 Å². The highest BCUT2D eigenvalue weighted by atomic mass is 35.5. The molecule has 0 radical (unpaired) electrons. The average Bonchev–Trinajstić information content (AvgIpc) is 2.83. The number of amides is 1. The molecule has 1 atom stereocenters. The van der Waals surface area contributed by atoms with Gasteiger partial charge in [0, 0.05) is 29.5 Å². The molecule has 34 heavy (non-hydrogen) atoms. The maximum atomic E-state index is 12.7. The molecule has 3 rings (SSSR count). The fourth-order valence-electron chi connectivity index (χ4n) is 3.27. The molecule has 2 aromatic rings. The summed E-state index contributed by atoms with van der Waals surface area (Å²) in [7, 11) is 0. The molecule has 0 aromatic heterocycles. The van der Waals surface area contributed by atoms with Crippen molar-refractivity contribution in [3.63, 3.8) is 0 Å². The molecule has 0 aliphatic carbocycles. The minimum atomic E-state index is -0.758. The molecule has 0 saturated carbocycles. The Morgan fingerprint density at radius 2 is 1.59 bits per heavy atom. The first-order valence-corrected chi connectivity index (χ1v) is 10.6. The first kappa shape index (κ1) is 26.8. The van der Waals surface area contributed by atoms with Crippen LogP contribution in [0.3, 0.4) is 0 Å². The number of amidine groups is 1. The number of hydrogen-bond donors (Lipinski definition) is 3. The van der Waals surface area contributed by atoms with Gasteiger partial charge < -0.3 is 25.3 Å². The highest BCUT2D eigenvalue weighted by Gasteiger charge is 2.20. The molecular weight excluding hydrogens is 462 g/mol. The third-order valence-electron chi connectivity index (χ3n) is 5.16. The van der Waals surface area contributed by atoms with Crippen LogP contribution in [0.25, 0.3) is 0 Å². The van der Waals surface area contributed by atoms with Gasteiger partial charge in [-0.25, -0.2) is 4.79 Å². The monoisotopic (exact) mass is 489 g/mol. The Labute approximate surface area is 203 Å². The third-order valence-corrected chi connectivity index (χ3v) is 5.16. The lowest BCUT2D eigenvalue weighted by Crippen LogP contribution is -2.38. The van der Waals surface area contributed by atoms with E-state index in [1.807, 2.05) is 0 Å². The lowest BCUT2D eigenvalue weighted by molar-refractivity contribution is -0.155. The number of carbonyl (C=O) groups excluding carboxylic acids is 3. The molecule has 4 N–H and O–H groups in total. The van der Waals surface area contributed by atoms with Crippen LogP contribution in [0, 0.1) is 5.41 Å². The molecule has 2 aromatic carbocycles. The van der Waals surface area contributed by atoms with E-state index in [1.165, 1.54) is 0 Å². The van der Waals surface area contributed by atoms with Gasteiger partial charge in [0.1, 0.15) is 17.7 Å². The number of hydrogen-bond acceptors (Lipinski definition) is 7. The zero-order chi connectivity index (χ0) is 23.8. The second kappa shape index (κ2) is 12.7. The second-order valence-electron chi connectivity index (χ2n) is 7.67. The van der Waals surface area contributed by atoms with Crippen molar-refractivity contribution in [1.29, 1.82) is 5.41 Å². The van der Waals surface area contributed by atoms with Crippen LogP contribution in [-0.4, -0.2) is 55.5 Å². The van der Waals surface area contributed by atoms with Crippen molar-refractivity contribution in [2.45, 2.75) is 31.9 Å². The normalized spacial score (nSPS) is 14.3. The van der Waals surface area contributed by atoms with Crippen LogP contribution in [0.4, 0.5) is 0 Å². The van der Waals surface area contributed by atoms with Crippen molar-refractivity contribution >= 4 is 35.9 Å². The van der Waals surface area contributed by atoms with Crippen molar-refractivity contribution in [3.05, 3.63) is 65.2 Å². The minimum Gasteiger partial charge on any atom is -0.482 e. The molecule has 1 fully saturated rings. The lowest BCUT2D eigenvalue weighted by atomic mass is 10.0. The lowest BCUT2D eigenvalue weighted by Gasteiger charge is -2.22. The molecule has 1 aliphatic heterocycles. The summed E-state index contributed by atoms with van der Waals surface area (Å²) in [5.74, 6) is -0.787. The van der Waals surface area contributed by atoms with Gasteiger partial charge in [-0.15, -0.1) is 12.4 Å². The predicted octanol–water partition coefficient (Wildman–Crippen LogP) is 2.49. The van der Waals surface area contributed by atoms with Crippen LogP contribution in [0.5, 0.6) is 5.75 Å². The number of esters is 1. The summed E-state index contributed by atoms with van der Waals surface area (Å²) in [5.41, 5.74) is 6.67. The van der Waals surface area contributed by atoms with E-state index in [9.17, 15) is 14.4 Å². The second-order valence-corrected chi connectivity index (χ2v) is 7.67. The van der Waals surface area contributed by atoms with E-state index in [1.54, 1.807) is 55.5 Å². The number of nitrogens with two attached hydrogens (primary N) is 1. The van der Waals surface area contributed by atoms with Gasteiger partial charge in [0.15, 0.2) is 12.4 Å². The van der Waals surface area contributed by atoms with Gasteiger partial charge in [0.05, 0.1) is 19.3 Å². The van der Waals surface area contributed by atoms with Gasteiger partial charge in [-0.1, -0.05) is 12.1 Å². The summed E-state index contributed by atoms with van der Waals surface area (Å²) in [6.07, 6.45) is 1.22. The van der Waals surface area contributed by atoms with Gasteiger partial charge in [0.2, 0.25) is 0 Å². The zero-order valence-electron chi connectivity index (χ0n) is 18.7. The summed E-state index contributed by atoms with van der Waals surface area (Å²) in [4.78, 5) is 37.0. The largest absolute Gasteiger partial charge is 0.482 e. The number of nitrogen functional groups attached to an aromatic ring is 1. The standard InChI is InChI=1S/C24H27N3O6.ClH/c1-15(27-24(30)18-4-2-17(3-5-18)23(25)26)22(29)16-6-8-19(9-7-16)32-14-21(28)33-20-10-12-31-13-11-20;/h2-9,15,20H,10-14H2,1H3,(H3,25,26)(H,27,30);1H/t15-;/m0./s1. The van der Waals surface area contributed by atoms with E-state index >= 15 is 0 Å². The maximum Gasteiger partial charge on any atom is 0.344 e. The van der Waals surface area contributed by atoms with Crippen LogP contribution in [-0.2, 0) is 14.3 Å². The van der Waals surface area contributed by atoms with Gasteiger partial charge in [-0.2, -0.15) is 0 Å². The fraction of sp³-hybridized carbons (Fsp3) is 0.333. The van der Waals surface area contributed by atoms with Crippen LogP contribution in [0.15, 0.2) is 48.5 Å². The Bertz CT molecular complexity index is 1000. The van der Waals surface area contributed by atoms with Gasteiger partial charge in [-0.05, 0) is 43.3 Å². The Kier molecular flexibility index (Phi) is 10.0. The first-order valence-electron chi connectivity index (χ1n) is 10.6. The summed E-state index contributed by atoms with van der Waals surface area (Å²) in [6.45, 7) is 2.54. The molecule has 182 valence electrons. The van der Waals surface area contributed by atoms with Crippen molar-refractivity contribution < 1.29 is 28.6 Å². The molecular formula is C24H28ClN3O6. The number of Topliss-reactive ketones (excluding diaryl/α,β-unsaturated/α-hetero) is 1. The molecule has 0 spiro atoms. The number of benzene rings is 2. The molecule has 1 saturated heterocycles. The maximum absolute atomic E-state index is 12.7. The van der Waals surface area contributed by atoms with Crippen LogP contribution >= 0.6 is 12.4 Å². The van der Waals surface area contributed by atoms with Gasteiger partial charge in [0.25, 0.3) is 5.91 Å². The van der Waals surface area contributed by atoms with E-state index in [-0.39, 0.29) is 36.7 Å².